The highest BCUT2D eigenvalue weighted by molar-refractivity contribution is 9.10. The van der Waals surface area contributed by atoms with Crippen molar-refractivity contribution < 1.29 is 8.78 Å². The third-order valence-electron chi connectivity index (χ3n) is 3.35. The Kier molecular flexibility index (Phi) is 4.18. The average molecular weight is 396 g/mol. The van der Waals surface area contributed by atoms with Crippen LogP contribution in [0.25, 0.3) is 11.4 Å². The number of rotatable bonds is 3. The first-order valence-electron chi connectivity index (χ1n) is 6.87. The average Bonchev–Trinajstić information content (AvgIpc) is 2.96. The Labute approximate surface area is 143 Å². The molecule has 0 unspecified atom stereocenters. The molecule has 9 heteroatoms. The molecule has 124 valence electrons. The van der Waals surface area contributed by atoms with Gasteiger partial charge in [-0.1, -0.05) is 15.9 Å². The van der Waals surface area contributed by atoms with Crippen LogP contribution < -0.4 is 10.9 Å². The van der Waals surface area contributed by atoms with Crippen LogP contribution in [0.5, 0.6) is 0 Å². The number of benzene rings is 1. The minimum absolute atomic E-state index is 0.0267. The van der Waals surface area contributed by atoms with Crippen LogP contribution in [0.4, 0.5) is 20.2 Å². The normalized spacial score (nSPS) is 10.9. The molecule has 3 rings (SSSR count). The molecule has 0 spiro atoms. The molecule has 0 atom stereocenters. The van der Waals surface area contributed by atoms with Crippen molar-refractivity contribution in [2.75, 3.05) is 5.32 Å². The molecule has 2 heterocycles. The van der Waals surface area contributed by atoms with E-state index in [1.807, 2.05) is 0 Å². The van der Waals surface area contributed by atoms with E-state index in [2.05, 4.69) is 36.4 Å². The first kappa shape index (κ1) is 16.3. The Balaban J connectivity index is 2.18. The third-order valence-corrected chi connectivity index (χ3v) is 3.84. The highest BCUT2D eigenvalue weighted by Crippen LogP contribution is 2.30. The van der Waals surface area contributed by atoms with Gasteiger partial charge in [0.15, 0.2) is 5.82 Å². The van der Waals surface area contributed by atoms with E-state index in [4.69, 9.17) is 0 Å². The molecule has 0 aliphatic carbocycles. The van der Waals surface area contributed by atoms with Crippen molar-refractivity contribution in [3.05, 3.63) is 56.7 Å². The molecule has 6 nitrogen and oxygen atoms in total. The molecule has 0 aliphatic rings. The van der Waals surface area contributed by atoms with Crippen molar-refractivity contribution in [1.29, 1.82) is 0 Å². The van der Waals surface area contributed by atoms with Crippen molar-refractivity contribution >= 4 is 27.3 Å². The Morgan fingerprint density at radius 1 is 1.33 bits per heavy atom. The minimum Gasteiger partial charge on any atom is -0.350 e. The molecule has 24 heavy (non-hydrogen) atoms. The summed E-state index contributed by atoms with van der Waals surface area (Å²) >= 11 is 3.15. The van der Waals surface area contributed by atoms with E-state index in [9.17, 15) is 13.6 Å². The maximum Gasteiger partial charge on any atom is 0.288 e. The van der Waals surface area contributed by atoms with Crippen molar-refractivity contribution in [1.82, 2.24) is 19.7 Å². The number of nitrogens with zero attached hydrogens (tertiary/aromatic N) is 3. The Bertz CT molecular complexity index is 982. The molecular formula is C15H12BrF2N5O. The summed E-state index contributed by atoms with van der Waals surface area (Å²) in [5, 5.41) is 9.26. The van der Waals surface area contributed by atoms with Crippen molar-refractivity contribution in [3.63, 3.8) is 0 Å². The maximum atomic E-state index is 14.5. The quantitative estimate of drug-likeness (QED) is 0.713. The number of H-pyrrole nitrogens is 1. The molecule has 2 N–H and O–H groups in total. The highest BCUT2D eigenvalue weighted by atomic mass is 79.9. The molecule has 2 aromatic heterocycles. The lowest BCUT2D eigenvalue weighted by atomic mass is 10.2. The monoisotopic (exact) mass is 395 g/mol. The molecule has 0 fully saturated rings. The summed E-state index contributed by atoms with van der Waals surface area (Å²) in [7, 11) is 1.42. The Hall–Kier alpha value is -2.55. The standard InChI is InChI=1S/C15H12BrF2N5O/c1-7-19-14(22-21-7)9-6-23(2)15(24)12(18)13(9)20-11-4-3-8(16)5-10(11)17/h3-6,20H,1-2H3,(H,19,21,22). The van der Waals surface area contributed by atoms with Gasteiger partial charge in [0.05, 0.1) is 16.9 Å². The fourth-order valence-electron chi connectivity index (χ4n) is 2.18. The van der Waals surface area contributed by atoms with E-state index < -0.39 is 17.2 Å². The number of nitrogens with one attached hydrogen (secondary N) is 2. The lowest BCUT2D eigenvalue weighted by Crippen LogP contribution is -2.22. The molecule has 3 aromatic rings. The zero-order valence-electron chi connectivity index (χ0n) is 12.7. The number of halogens is 3. The van der Waals surface area contributed by atoms with Crippen LogP contribution in [0.3, 0.4) is 0 Å². The van der Waals surface area contributed by atoms with Gasteiger partial charge in [0, 0.05) is 17.7 Å². The summed E-state index contributed by atoms with van der Waals surface area (Å²) in [4.78, 5) is 16.0. The molecule has 1 aromatic carbocycles. The summed E-state index contributed by atoms with van der Waals surface area (Å²) in [6, 6.07) is 4.27. The van der Waals surface area contributed by atoms with Gasteiger partial charge >= 0.3 is 0 Å². The molecule has 0 saturated carbocycles. The van der Waals surface area contributed by atoms with Crippen LogP contribution in [0, 0.1) is 18.6 Å². The van der Waals surface area contributed by atoms with Gasteiger partial charge in [-0.15, -0.1) is 0 Å². The summed E-state index contributed by atoms with van der Waals surface area (Å²) in [5.74, 6) is -0.914. The van der Waals surface area contributed by atoms with Crippen LogP contribution in [0.15, 0.2) is 33.7 Å². The van der Waals surface area contributed by atoms with Crippen LogP contribution >= 0.6 is 15.9 Å². The van der Waals surface area contributed by atoms with E-state index >= 15 is 0 Å². The van der Waals surface area contributed by atoms with Gasteiger partial charge in [-0.25, -0.2) is 9.37 Å². The minimum atomic E-state index is -1.04. The molecule has 0 aliphatic heterocycles. The van der Waals surface area contributed by atoms with Gasteiger partial charge in [0.1, 0.15) is 11.6 Å². The summed E-state index contributed by atoms with van der Waals surface area (Å²) in [5.41, 5.74) is -0.760. The van der Waals surface area contributed by atoms with E-state index in [0.717, 1.165) is 4.57 Å². The van der Waals surface area contributed by atoms with Gasteiger partial charge in [-0.3, -0.25) is 9.89 Å². The molecule has 0 radical (unpaired) electrons. The van der Waals surface area contributed by atoms with Gasteiger partial charge in [0.2, 0.25) is 5.82 Å². The fourth-order valence-corrected chi connectivity index (χ4v) is 2.51. The largest absolute Gasteiger partial charge is 0.350 e. The maximum absolute atomic E-state index is 14.5. The Morgan fingerprint density at radius 2 is 2.08 bits per heavy atom. The number of aromatic nitrogens is 4. The third kappa shape index (κ3) is 2.94. The first-order chi connectivity index (χ1) is 11.4. The number of hydrogen-bond acceptors (Lipinski definition) is 4. The van der Waals surface area contributed by atoms with Crippen molar-refractivity contribution in [2.24, 2.45) is 7.05 Å². The van der Waals surface area contributed by atoms with Crippen LogP contribution in [-0.2, 0) is 7.05 Å². The number of anilines is 2. The number of aromatic amines is 1. The van der Waals surface area contributed by atoms with Crippen molar-refractivity contribution in [2.45, 2.75) is 6.92 Å². The van der Waals surface area contributed by atoms with Gasteiger partial charge in [-0.2, -0.15) is 9.49 Å². The predicted molar refractivity (Wildman–Crippen MR) is 89.1 cm³/mol. The lowest BCUT2D eigenvalue weighted by Gasteiger charge is -2.13. The van der Waals surface area contributed by atoms with Gasteiger partial charge in [0.25, 0.3) is 5.56 Å². The summed E-state index contributed by atoms with van der Waals surface area (Å²) < 4.78 is 30.2. The van der Waals surface area contributed by atoms with E-state index in [1.165, 1.54) is 25.4 Å². The van der Waals surface area contributed by atoms with Gasteiger partial charge < -0.3 is 9.88 Å². The van der Waals surface area contributed by atoms with Gasteiger partial charge in [-0.05, 0) is 25.1 Å². The van der Waals surface area contributed by atoms with E-state index in [1.54, 1.807) is 13.0 Å². The summed E-state index contributed by atoms with van der Waals surface area (Å²) in [6.07, 6.45) is 1.40. The SMILES string of the molecule is Cc1nc(-c2cn(C)c(=O)c(F)c2Nc2ccc(Br)cc2F)n[nH]1. The molecular weight excluding hydrogens is 384 g/mol. The second-order valence-electron chi connectivity index (χ2n) is 5.14. The first-order valence-corrected chi connectivity index (χ1v) is 7.66. The number of hydrogen-bond donors (Lipinski definition) is 2. The topological polar surface area (TPSA) is 75.6 Å². The smallest absolute Gasteiger partial charge is 0.288 e. The second kappa shape index (κ2) is 6.16. The van der Waals surface area contributed by atoms with E-state index in [-0.39, 0.29) is 22.8 Å². The molecule has 0 saturated heterocycles. The second-order valence-corrected chi connectivity index (χ2v) is 6.06. The zero-order chi connectivity index (χ0) is 17.4. The van der Waals surface area contributed by atoms with Crippen LogP contribution in [-0.4, -0.2) is 19.7 Å². The molecule has 0 bridgehead atoms. The van der Waals surface area contributed by atoms with E-state index in [0.29, 0.717) is 10.3 Å². The van der Waals surface area contributed by atoms with Crippen LogP contribution in [0.2, 0.25) is 0 Å². The summed E-state index contributed by atoms with van der Waals surface area (Å²) in [6.45, 7) is 1.69. The number of aryl methyl sites for hydroxylation is 2. The molecule has 0 amide bonds. The Morgan fingerprint density at radius 3 is 2.71 bits per heavy atom. The number of pyridine rings is 1. The zero-order valence-corrected chi connectivity index (χ0v) is 14.3. The van der Waals surface area contributed by atoms with Crippen molar-refractivity contribution in [3.8, 4) is 11.4 Å². The highest BCUT2D eigenvalue weighted by Gasteiger charge is 2.20. The van der Waals surface area contributed by atoms with Crippen LogP contribution in [0.1, 0.15) is 5.82 Å². The fraction of sp³-hybridized carbons (Fsp3) is 0.133. The lowest BCUT2D eigenvalue weighted by molar-refractivity contribution is 0.594. The predicted octanol–water partition coefficient (Wildman–Crippen LogP) is 3.26.